The molecule has 116 valence electrons. The highest BCUT2D eigenvalue weighted by molar-refractivity contribution is 9.10. The molecule has 0 bridgehead atoms. The number of nitrogens with one attached hydrogen (secondary N) is 2. The summed E-state index contributed by atoms with van der Waals surface area (Å²) < 4.78 is 23.7. The van der Waals surface area contributed by atoms with Crippen LogP contribution in [0.25, 0.3) is 10.9 Å². The number of halogens is 1. The van der Waals surface area contributed by atoms with E-state index < -0.39 is 15.8 Å². The van der Waals surface area contributed by atoms with Gasteiger partial charge in [-0.05, 0) is 24.6 Å². The van der Waals surface area contributed by atoms with Gasteiger partial charge in [0.1, 0.15) is 0 Å². The predicted molar refractivity (Wildman–Crippen MR) is 88.5 cm³/mol. The third-order valence-corrected chi connectivity index (χ3v) is 5.92. The molecule has 3 rings (SSSR count). The van der Waals surface area contributed by atoms with E-state index in [0.717, 1.165) is 20.9 Å². The Labute approximate surface area is 136 Å². The minimum absolute atomic E-state index is 0.0747. The van der Waals surface area contributed by atoms with E-state index in [-0.39, 0.29) is 17.4 Å². The quantitative estimate of drug-likeness (QED) is 0.625. The molecule has 1 aromatic carbocycles. The van der Waals surface area contributed by atoms with Crippen molar-refractivity contribution in [3.63, 3.8) is 0 Å². The van der Waals surface area contributed by atoms with Crippen LogP contribution in [0.1, 0.15) is 12.0 Å². The number of H-pyrrole nitrogens is 1. The maximum atomic E-state index is 11.9. The van der Waals surface area contributed by atoms with Crippen molar-refractivity contribution >= 4 is 48.8 Å². The molecule has 1 amide bonds. The van der Waals surface area contributed by atoms with Crippen LogP contribution in [0.2, 0.25) is 0 Å². The van der Waals surface area contributed by atoms with Gasteiger partial charge in [0.15, 0.2) is 9.84 Å². The Morgan fingerprint density at radius 1 is 1.45 bits per heavy atom. The van der Waals surface area contributed by atoms with Crippen molar-refractivity contribution in [2.75, 3.05) is 11.5 Å². The Bertz CT molecular complexity index is 857. The molecule has 0 radical (unpaired) electrons. The lowest BCUT2D eigenvalue weighted by Crippen LogP contribution is -2.27. The minimum atomic E-state index is -3.07. The second-order valence-corrected chi connectivity index (χ2v) is 8.41. The van der Waals surface area contributed by atoms with Gasteiger partial charge in [-0.3, -0.25) is 4.79 Å². The van der Waals surface area contributed by atoms with Crippen LogP contribution in [-0.4, -0.2) is 37.0 Å². The number of benzene rings is 1. The summed E-state index contributed by atoms with van der Waals surface area (Å²) in [6.45, 7) is 0. The molecular formula is C14H14BrN3O3S. The van der Waals surface area contributed by atoms with Crippen LogP contribution in [0, 0.1) is 5.92 Å². The molecular weight excluding hydrogens is 370 g/mol. The van der Waals surface area contributed by atoms with E-state index in [4.69, 9.17) is 0 Å². The lowest BCUT2D eigenvalue weighted by atomic mass is 10.1. The fourth-order valence-electron chi connectivity index (χ4n) is 2.48. The number of carbonyl (C=O) groups excluding carboxylic acids is 1. The van der Waals surface area contributed by atoms with Gasteiger partial charge in [0, 0.05) is 27.1 Å². The summed E-state index contributed by atoms with van der Waals surface area (Å²) >= 11 is 3.41. The highest BCUT2D eigenvalue weighted by atomic mass is 79.9. The van der Waals surface area contributed by atoms with Crippen molar-refractivity contribution in [3.8, 4) is 0 Å². The van der Waals surface area contributed by atoms with Crippen LogP contribution < -0.4 is 5.43 Å². The van der Waals surface area contributed by atoms with Crippen LogP contribution in [0.5, 0.6) is 0 Å². The molecule has 1 aliphatic heterocycles. The maximum absolute atomic E-state index is 11.9. The number of rotatable bonds is 3. The van der Waals surface area contributed by atoms with E-state index >= 15 is 0 Å². The Hall–Kier alpha value is -1.67. The van der Waals surface area contributed by atoms with Gasteiger partial charge in [-0.2, -0.15) is 5.10 Å². The van der Waals surface area contributed by atoms with Gasteiger partial charge >= 0.3 is 0 Å². The molecule has 8 heteroatoms. The smallest absolute Gasteiger partial charge is 0.244 e. The van der Waals surface area contributed by atoms with Gasteiger partial charge < -0.3 is 4.98 Å². The van der Waals surface area contributed by atoms with Crippen molar-refractivity contribution in [3.05, 3.63) is 34.4 Å². The lowest BCUT2D eigenvalue weighted by Gasteiger charge is -2.04. The molecule has 1 aliphatic rings. The fraction of sp³-hybridized carbons (Fsp3) is 0.286. The van der Waals surface area contributed by atoms with Gasteiger partial charge in [-0.1, -0.05) is 15.9 Å². The number of nitrogens with zero attached hydrogens (tertiary/aromatic N) is 1. The number of carbonyl (C=O) groups is 1. The highest BCUT2D eigenvalue weighted by Crippen LogP contribution is 2.21. The molecule has 0 unspecified atom stereocenters. The molecule has 1 aromatic heterocycles. The van der Waals surface area contributed by atoms with Crippen LogP contribution in [0.15, 0.2) is 34.0 Å². The molecule has 0 saturated carbocycles. The number of sulfone groups is 1. The maximum Gasteiger partial charge on any atom is 0.244 e. The average Bonchev–Trinajstić information content (AvgIpc) is 3.02. The summed E-state index contributed by atoms with van der Waals surface area (Å²) in [7, 11) is -3.07. The fourth-order valence-corrected chi connectivity index (χ4v) is 4.58. The SMILES string of the molecule is O=C(N/N=C/c1c[nH]c2ccc(Br)cc12)[C@@H]1CCS(=O)(=O)C1. The summed E-state index contributed by atoms with van der Waals surface area (Å²) in [6.07, 6.45) is 3.71. The van der Waals surface area contributed by atoms with Gasteiger partial charge in [0.25, 0.3) is 0 Å². The third-order valence-electron chi connectivity index (χ3n) is 3.66. The van der Waals surface area contributed by atoms with Gasteiger partial charge in [-0.15, -0.1) is 0 Å². The molecule has 2 heterocycles. The number of aromatic nitrogens is 1. The first-order valence-electron chi connectivity index (χ1n) is 6.74. The van der Waals surface area contributed by atoms with Gasteiger partial charge in [0.2, 0.25) is 5.91 Å². The molecule has 2 aromatic rings. The number of hydrogen-bond donors (Lipinski definition) is 2. The summed E-state index contributed by atoms with van der Waals surface area (Å²) in [5.41, 5.74) is 4.23. The first-order valence-corrected chi connectivity index (χ1v) is 9.36. The van der Waals surface area contributed by atoms with E-state index in [0.29, 0.717) is 6.42 Å². The Balaban J connectivity index is 1.69. The molecule has 1 fully saturated rings. The molecule has 2 N–H and O–H groups in total. The van der Waals surface area contributed by atoms with Crippen LogP contribution in [0.4, 0.5) is 0 Å². The number of hydrogen-bond acceptors (Lipinski definition) is 4. The van der Waals surface area contributed by atoms with Crippen molar-refractivity contribution in [2.45, 2.75) is 6.42 Å². The molecule has 0 spiro atoms. The Kier molecular flexibility index (Phi) is 4.05. The normalized spacial score (nSPS) is 20.7. The van der Waals surface area contributed by atoms with E-state index in [1.165, 1.54) is 0 Å². The molecule has 0 aliphatic carbocycles. The number of fused-ring (bicyclic) bond motifs is 1. The van der Waals surface area contributed by atoms with Crippen molar-refractivity contribution in [2.24, 2.45) is 11.0 Å². The van der Waals surface area contributed by atoms with Crippen molar-refractivity contribution < 1.29 is 13.2 Å². The topological polar surface area (TPSA) is 91.4 Å². The first kappa shape index (κ1) is 15.2. The standard InChI is InChI=1S/C14H14BrN3O3S/c15-11-1-2-13-12(5-11)10(6-16-13)7-17-18-14(19)9-3-4-22(20,21)8-9/h1-2,5-7,9,16H,3-4,8H2,(H,18,19)/b17-7+/t9-/m1/s1. The number of aromatic amines is 1. The van der Waals surface area contributed by atoms with Gasteiger partial charge in [-0.25, -0.2) is 13.8 Å². The van der Waals surface area contributed by atoms with E-state index in [1.54, 1.807) is 12.4 Å². The summed E-state index contributed by atoms with van der Waals surface area (Å²) in [6, 6.07) is 5.83. The van der Waals surface area contributed by atoms with Crippen LogP contribution in [0.3, 0.4) is 0 Å². The Morgan fingerprint density at radius 3 is 3.00 bits per heavy atom. The number of amides is 1. The zero-order chi connectivity index (χ0) is 15.7. The first-order chi connectivity index (χ1) is 10.4. The molecule has 6 nitrogen and oxygen atoms in total. The number of hydrazone groups is 1. The van der Waals surface area contributed by atoms with Crippen molar-refractivity contribution in [1.82, 2.24) is 10.4 Å². The molecule has 22 heavy (non-hydrogen) atoms. The molecule has 1 atom stereocenters. The van der Waals surface area contributed by atoms with E-state index in [9.17, 15) is 13.2 Å². The monoisotopic (exact) mass is 383 g/mol. The second kappa shape index (κ2) is 5.85. The largest absolute Gasteiger partial charge is 0.361 e. The summed E-state index contributed by atoms with van der Waals surface area (Å²) in [5, 5.41) is 4.91. The predicted octanol–water partition coefficient (Wildman–Crippen LogP) is 1.82. The van der Waals surface area contributed by atoms with E-state index in [1.807, 2.05) is 18.2 Å². The molecule has 1 saturated heterocycles. The zero-order valence-electron chi connectivity index (χ0n) is 11.5. The van der Waals surface area contributed by atoms with Crippen LogP contribution >= 0.6 is 15.9 Å². The van der Waals surface area contributed by atoms with Crippen molar-refractivity contribution in [1.29, 1.82) is 0 Å². The summed E-state index contributed by atoms with van der Waals surface area (Å²) in [4.78, 5) is 15.0. The van der Waals surface area contributed by atoms with Crippen LogP contribution in [-0.2, 0) is 14.6 Å². The highest BCUT2D eigenvalue weighted by Gasteiger charge is 2.32. The van der Waals surface area contributed by atoms with E-state index in [2.05, 4.69) is 31.4 Å². The zero-order valence-corrected chi connectivity index (χ0v) is 13.9. The van der Waals surface area contributed by atoms with Gasteiger partial charge in [0.05, 0.1) is 23.6 Å². The third kappa shape index (κ3) is 3.22. The Morgan fingerprint density at radius 2 is 2.27 bits per heavy atom. The minimum Gasteiger partial charge on any atom is -0.361 e. The summed E-state index contributed by atoms with van der Waals surface area (Å²) in [5.74, 6) is -0.864. The lowest BCUT2D eigenvalue weighted by molar-refractivity contribution is -0.124. The second-order valence-electron chi connectivity index (χ2n) is 5.27. The average molecular weight is 384 g/mol.